The molecule has 17 heteroatoms. The first-order valence-electron chi connectivity index (χ1n) is 2.06. The smallest absolute Gasteiger partial charge is 0.750 e. The molecule has 0 aromatic heterocycles. The van der Waals surface area contributed by atoms with E-state index in [1.54, 1.807) is 0 Å². The Balaban J connectivity index is -0.0000000369. The van der Waals surface area contributed by atoms with Crippen LogP contribution in [-0.4, -0.2) is 53.3 Å². The summed E-state index contributed by atoms with van der Waals surface area (Å²) in [7, 11) is 0. The van der Waals surface area contributed by atoms with Crippen LogP contribution in [-0.2, 0) is 45.4 Å². The maximum atomic E-state index is 8.56. The molecule has 0 spiro atoms. The Hall–Kier alpha value is 1.60. The van der Waals surface area contributed by atoms with Crippen LogP contribution < -0.4 is 0 Å². The Labute approximate surface area is 137 Å². The zero-order valence-electron chi connectivity index (χ0n) is 7.19. The van der Waals surface area contributed by atoms with Gasteiger partial charge in [0.15, 0.2) is 0 Å². The third-order valence-corrected chi connectivity index (χ3v) is 0. The first kappa shape index (κ1) is 31.2. The molecule has 17 heavy (non-hydrogen) atoms. The normalized spacial score (nSPS) is 14.6. The van der Waals surface area contributed by atoms with Crippen molar-refractivity contribution < 1.29 is 93.2 Å². The van der Waals surface area contributed by atoms with E-state index in [2.05, 4.69) is 0 Å². The second kappa shape index (κ2) is 26.2. The van der Waals surface area contributed by atoms with Crippen molar-refractivity contribution in [2.45, 2.75) is 0 Å². The SMILES string of the molecule is O=S([O-])O.O=S([O-])O.O=S([O-])O.O=S([O-])O.[Th+4]. The molecule has 0 saturated carbocycles. The van der Waals surface area contributed by atoms with Gasteiger partial charge in [-0.15, -0.1) is 0 Å². The van der Waals surface area contributed by atoms with Gasteiger partial charge in [0.25, 0.3) is 0 Å². The van der Waals surface area contributed by atoms with E-state index in [0.29, 0.717) is 0 Å². The van der Waals surface area contributed by atoms with Gasteiger partial charge in [0, 0.05) is 0 Å². The van der Waals surface area contributed by atoms with E-state index in [9.17, 15) is 0 Å². The maximum absolute atomic E-state index is 8.56. The Morgan fingerprint density at radius 3 is 0.529 bits per heavy atom. The second-order valence-corrected chi connectivity index (χ2v) is 2.61. The third-order valence-electron chi connectivity index (χ3n) is 0. The molecule has 4 N–H and O–H groups in total. The molecule has 104 valence electrons. The summed E-state index contributed by atoms with van der Waals surface area (Å²) in [5, 5.41) is 0. The molecule has 0 amide bonds. The minimum Gasteiger partial charge on any atom is -0.750 e. The molecule has 0 aromatic rings. The molecule has 0 aromatic carbocycles. The summed E-state index contributed by atoms with van der Waals surface area (Å²) in [6.45, 7) is 0. The fourth-order valence-corrected chi connectivity index (χ4v) is 0. The third kappa shape index (κ3) is 1660. The minimum absolute atomic E-state index is 0. The van der Waals surface area contributed by atoms with Crippen molar-refractivity contribution in [3.05, 3.63) is 0 Å². The van der Waals surface area contributed by atoms with E-state index in [1.165, 1.54) is 0 Å². The zero-order chi connectivity index (χ0) is 14.3. The summed E-state index contributed by atoms with van der Waals surface area (Å²) in [6.07, 6.45) is 0. The van der Waals surface area contributed by atoms with Gasteiger partial charge in [-0.1, -0.05) is 0 Å². The fraction of sp³-hybridized carbons (Fsp3) is 0. The van der Waals surface area contributed by atoms with Crippen LogP contribution in [0, 0.1) is 39.9 Å². The van der Waals surface area contributed by atoms with Crippen molar-refractivity contribution in [2.24, 2.45) is 0 Å². The molecule has 0 heterocycles. The van der Waals surface area contributed by atoms with Crippen LogP contribution in [0.15, 0.2) is 0 Å². The van der Waals surface area contributed by atoms with Gasteiger partial charge in [0.1, 0.15) is 0 Å². The van der Waals surface area contributed by atoms with Crippen LogP contribution in [0.2, 0.25) is 0 Å². The molecular formula is H4O12S4Th. The van der Waals surface area contributed by atoms with Crippen molar-refractivity contribution in [2.75, 3.05) is 0 Å². The maximum Gasteiger partial charge on any atom is 4.00 e. The second-order valence-electron chi connectivity index (χ2n) is 0.868. The average molecular weight is 556 g/mol. The van der Waals surface area contributed by atoms with Gasteiger partial charge in [-0.3, -0.25) is 0 Å². The van der Waals surface area contributed by atoms with Crippen molar-refractivity contribution in [3.8, 4) is 0 Å². The number of hydrogen-bond donors (Lipinski definition) is 4. The van der Waals surface area contributed by atoms with E-state index in [4.69, 9.17) is 53.3 Å². The Bertz CT molecular complexity index is 159. The van der Waals surface area contributed by atoms with Crippen LogP contribution in [0.4, 0.5) is 0 Å². The summed E-state index contributed by atoms with van der Waals surface area (Å²) >= 11 is -11.4. The summed E-state index contributed by atoms with van der Waals surface area (Å²) in [5.41, 5.74) is 0. The van der Waals surface area contributed by atoms with Crippen LogP contribution in [0.25, 0.3) is 0 Å². The van der Waals surface area contributed by atoms with E-state index >= 15 is 0 Å². The standard InChI is InChI=1S/4H2O3S.Th/c4*1-4(2)3;/h4*(H2,1,2,3);/q;;;;+4/p-4. The van der Waals surface area contributed by atoms with Gasteiger partial charge in [-0.25, -0.2) is 16.8 Å². The molecule has 4 unspecified atom stereocenters. The van der Waals surface area contributed by atoms with E-state index in [-0.39, 0.29) is 39.9 Å². The molecule has 0 aliphatic rings. The molecule has 12 nitrogen and oxygen atoms in total. The molecule has 0 aliphatic carbocycles. The number of rotatable bonds is 0. The van der Waals surface area contributed by atoms with Gasteiger partial charge in [-0.2, -0.15) is 0 Å². The molecule has 0 bridgehead atoms. The predicted molar refractivity (Wildman–Crippen MR) is 46.2 cm³/mol. The summed E-state index contributed by atoms with van der Waals surface area (Å²) < 4.78 is 96.3. The number of hydrogen-bond acceptors (Lipinski definition) is 8. The zero-order valence-corrected chi connectivity index (χ0v) is 14.6. The monoisotopic (exact) mass is 556 g/mol. The van der Waals surface area contributed by atoms with Gasteiger partial charge in [0.2, 0.25) is 0 Å². The Morgan fingerprint density at radius 2 is 0.529 bits per heavy atom. The molecule has 4 atom stereocenters. The fourth-order valence-electron chi connectivity index (χ4n) is 0. The first-order chi connectivity index (χ1) is 6.93. The predicted octanol–water partition coefficient (Wildman–Crippen LogP) is -2.65. The van der Waals surface area contributed by atoms with Gasteiger partial charge in [0.05, 0.1) is 45.4 Å². The minimum atomic E-state index is -2.86. The van der Waals surface area contributed by atoms with Crippen LogP contribution in [0.5, 0.6) is 0 Å². The Kier molecular flexibility index (Phi) is 48.1. The van der Waals surface area contributed by atoms with Crippen molar-refractivity contribution >= 4 is 45.4 Å². The largest absolute Gasteiger partial charge is 4.00 e. The van der Waals surface area contributed by atoms with E-state index in [1.807, 2.05) is 0 Å². The molecule has 0 saturated heterocycles. The van der Waals surface area contributed by atoms with Crippen molar-refractivity contribution in [3.63, 3.8) is 0 Å². The molecule has 0 aliphatic heterocycles. The van der Waals surface area contributed by atoms with Gasteiger partial charge in [-0.05, 0) is 0 Å². The van der Waals surface area contributed by atoms with Crippen LogP contribution in [0.3, 0.4) is 0 Å². The van der Waals surface area contributed by atoms with Crippen molar-refractivity contribution in [1.29, 1.82) is 0 Å². The summed E-state index contributed by atoms with van der Waals surface area (Å²) in [6, 6.07) is 0. The molecule has 0 rings (SSSR count). The quantitative estimate of drug-likeness (QED) is 0.224. The Morgan fingerprint density at radius 1 is 0.529 bits per heavy atom. The van der Waals surface area contributed by atoms with Crippen LogP contribution in [0.1, 0.15) is 0 Å². The van der Waals surface area contributed by atoms with Gasteiger partial charge >= 0.3 is 39.9 Å². The molecular weight excluding hydrogens is 552 g/mol. The van der Waals surface area contributed by atoms with Gasteiger partial charge < -0.3 is 36.4 Å². The van der Waals surface area contributed by atoms with E-state index in [0.717, 1.165) is 0 Å². The van der Waals surface area contributed by atoms with Crippen molar-refractivity contribution in [1.82, 2.24) is 0 Å². The molecule has 0 fully saturated rings. The summed E-state index contributed by atoms with van der Waals surface area (Å²) in [4.78, 5) is 0. The van der Waals surface area contributed by atoms with E-state index < -0.39 is 45.4 Å². The van der Waals surface area contributed by atoms with Crippen LogP contribution >= 0.6 is 0 Å². The summed E-state index contributed by atoms with van der Waals surface area (Å²) in [5.74, 6) is 0. The first-order valence-corrected chi connectivity index (χ1v) is 6.19. The average Bonchev–Trinajstić information content (AvgIpc) is 1.76. The molecule has 0 radical (unpaired) electrons. The topological polar surface area (TPSA) is 241 Å².